The second kappa shape index (κ2) is 16.7. The van der Waals surface area contributed by atoms with Gasteiger partial charge in [-0.1, -0.05) is 219 Å². The summed E-state index contributed by atoms with van der Waals surface area (Å²) in [5.41, 5.74) is 19.7. The smallest absolute Gasteiger partial charge is 0.0548 e. The van der Waals surface area contributed by atoms with E-state index in [1.54, 1.807) is 0 Å². The highest BCUT2D eigenvalue weighted by molar-refractivity contribution is 6.29. The lowest BCUT2D eigenvalue weighted by Gasteiger charge is -2.17. The number of benzene rings is 15. The molecular formula is C77H50N2. The Morgan fingerprint density at radius 1 is 0.266 bits per heavy atom. The maximum absolute atomic E-state index is 2.47. The van der Waals surface area contributed by atoms with Crippen LogP contribution in [0.4, 0.5) is 0 Å². The topological polar surface area (TPSA) is 9.86 Å². The lowest BCUT2D eigenvalue weighted by Crippen LogP contribution is -1.95. The number of para-hydroxylation sites is 2. The molecule has 79 heavy (non-hydrogen) atoms. The zero-order chi connectivity index (χ0) is 52.0. The van der Waals surface area contributed by atoms with Crippen molar-refractivity contribution in [3.63, 3.8) is 0 Å². The van der Waals surface area contributed by atoms with Gasteiger partial charge in [-0.25, -0.2) is 0 Å². The van der Waals surface area contributed by atoms with Crippen molar-refractivity contribution in [1.82, 2.24) is 9.13 Å². The van der Waals surface area contributed by atoms with Crippen molar-refractivity contribution in [3.8, 4) is 55.9 Å². The third kappa shape index (κ3) is 6.46. The Bertz CT molecular complexity index is 5300. The van der Waals surface area contributed by atoms with Crippen LogP contribution in [-0.2, 0) is 6.42 Å². The third-order valence-electron chi connectivity index (χ3n) is 17.7. The van der Waals surface area contributed by atoms with Gasteiger partial charge in [0.2, 0.25) is 0 Å². The van der Waals surface area contributed by atoms with Gasteiger partial charge in [-0.15, -0.1) is 0 Å². The van der Waals surface area contributed by atoms with Gasteiger partial charge < -0.3 is 9.13 Å². The van der Waals surface area contributed by atoms with Crippen LogP contribution in [0.5, 0.6) is 0 Å². The Hall–Kier alpha value is -10.0. The molecule has 368 valence electrons. The first-order valence-corrected chi connectivity index (χ1v) is 27.8. The minimum Gasteiger partial charge on any atom is -0.309 e. The van der Waals surface area contributed by atoms with Crippen LogP contribution in [0.25, 0.3) is 164 Å². The van der Waals surface area contributed by atoms with E-state index in [1.165, 1.54) is 164 Å². The molecule has 0 saturated heterocycles. The quantitative estimate of drug-likeness (QED) is 0.141. The summed E-state index contributed by atoms with van der Waals surface area (Å²) in [5, 5.41) is 20.6. The van der Waals surface area contributed by atoms with E-state index < -0.39 is 0 Å². The van der Waals surface area contributed by atoms with Crippen LogP contribution >= 0.6 is 0 Å². The van der Waals surface area contributed by atoms with Crippen molar-refractivity contribution in [2.75, 3.05) is 0 Å². The molecule has 2 aromatic heterocycles. The van der Waals surface area contributed by atoms with E-state index in [-0.39, 0.29) is 0 Å². The monoisotopic (exact) mass is 1000 g/mol. The first-order valence-electron chi connectivity index (χ1n) is 27.8. The molecular weight excluding hydrogens is 953 g/mol. The van der Waals surface area contributed by atoms with E-state index in [0.717, 1.165) is 17.8 Å². The van der Waals surface area contributed by atoms with E-state index in [9.17, 15) is 0 Å². The van der Waals surface area contributed by atoms with Crippen molar-refractivity contribution in [1.29, 1.82) is 0 Å². The molecule has 0 aliphatic rings. The van der Waals surface area contributed by atoms with Crippen molar-refractivity contribution in [2.45, 2.75) is 20.3 Å². The first kappa shape index (κ1) is 44.1. The summed E-state index contributed by atoms with van der Waals surface area (Å²) >= 11 is 0. The van der Waals surface area contributed by atoms with Gasteiger partial charge in [0.1, 0.15) is 0 Å². The van der Waals surface area contributed by atoms with Gasteiger partial charge in [0.25, 0.3) is 0 Å². The largest absolute Gasteiger partial charge is 0.309 e. The second-order valence-corrected chi connectivity index (χ2v) is 21.9. The summed E-state index contributed by atoms with van der Waals surface area (Å²) in [6.07, 6.45) is 1.04. The van der Waals surface area contributed by atoms with Crippen LogP contribution in [0.2, 0.25) is 0 Å². The molecule has 15 aromatic carbocycles. The maximum atomic E-state index is 2.47. The lowest BCUT2D eigenvalue weighted by molar-refractivity contribution is 1.14. The van der Waals surface area contributed by atoms with Crippen molar-refractivity contribution >= 4 is 108 Å². The SMILES string of the molecule is CCc1ccc(-c2ccc3ccc4c(-c5ccc(-n6c7ccccc7c7cc8c(cc76)c6ccccc6n8-c6ccc(-c7ccc8ccc9c(-c%10ccc(C)cc%10)ccc%10ccc7c8c%109)cc6)cc5)ccc5ccc2c3c54)cc1. The Morgan fingerprint density at radius 3 is 0.937 bits per heavy atom. The number of aromatic nitrogens is 2. The molecule has 0 amide bonds. The fraction of sp³-hybridized carbons (Fsp3) is 0.0390. The minimum atomic E-state index is 1.04. The Balaban J connectivity index is 0.768. The van der Waals surface area contributed by atoms with E-state index in [0.29, 0.717) is 0 Å². The highest BCUT2D eigenvalue weighted by Gasteiger charge is 2.21. The van der Waals surface area contributed by atoms with Gasteiger partial charge in [0.05, 0.1) is 22.1 Å². The predicted molar refractivity (Wildman–Crippen MR) is 338 cm³/mol. The van der Waals surface area contributed by atoms with Gasteiger partial charge >= 0.3 is 0 Å². The Kier molecular flexibility index (Phi) is 9.35. The fourth-order valence-corrected chi connectivity index (χ4v) is 13.8. The summed E-state index contributed by atoms with van der Waals surface area (Å²) in [4.78, 5) is 0. The number of nitrogens with zero attached hydrogens (tertiary/aromatic N) is 2. The second-order valence-electron chi connectivity index (χ2n) is 21.9. The summed E-state index contributed by atoms with van der Waals surface area (Å²) in [7, 11) is 0. The molecule has 17 aromatic rings. The molecule has 0 unspecified atom stereocenters. The molecule has 2 heteroatoms. The molecule has 0 spiro atoms. The lowest BCUT2D eigenvalue weighted by atomic mass is 9.87. The van der Waals surface area contributed by atoms with Crippen LogP contribution in [0, 0.1) is 6.92 Å². The van der Waals surface area contributed by atoms with Gasteiger partial charge in [-0.3, -0.25) is 0 Å². The molecule has 0 atom stereocenters. The van der Waals surface area contributed by atoms with Gasteiger partial charge in [0.15, 0.2) is 0 Å². The molecule has 0 aliphatic carbocycles. The molecule has 0 aliphatic heterocycles. The Morgan fingerprint density at radius 2 is 0.582 bits per heavy atom. The van der Waals surface area contributed by atoms with Crippen molar-refractivity contribution in [3.05, 3.63) is 266 Å². The van der Waals surface area contributed by atoms with Crippen LogP contribution in [0.15, 0.2) is 255 Å². The van der Waals surface area contributed by atoms with Crippen molar-refractivity contribution < 1.29 is 0 Å². The summed E-state index contributed by atoms with van der Waals surface area (Å²) in [6, 6.07) is 96.2. The fourth-order valence-electron chi connectivity index (χ4n) is 13.8. The first-order chi connectivity index (χ1) is 39.0. The number of hydrogen-bond acceptors (Lipinski definition) is 0. The summed E-state index contributed by atoms with van der Waals surface area (Å²) in [5.74, 6) is 0. The molecule has 0 bridgehead atoms. The molecule has 2 heterocycles. The summed E-state index contributed by atoms with van der Waals surface area (Å²) in [6.45, 7) is 4.37. The highest BCUT2D eigenvalue weighted by atomic mass is 15.0. The third-order valence-corrected chi connectivity index (χ3v) is 17.7. The normalized spacial score (nSPS) is 12.2. The van der Waals surface area contributed by atoms with E-state index >= 15 is 0 Å². The molecule has 0 N–H and O–H groups in total. The van der Waals surface area contributed by atoms with Crippen LogP contribution in [0.1, 0.15) is 18.1 Å². The zero-order valence-corrected chi connectivity index (χ0v) is 43.9. The van der Waals surface area contributed by atoms with Crippen LogP contribution in [0.3, 0.4) is 0 Å². The summed E-state index contributed by atoms with van der Waals surface area (Å²) < 4.78 is 4.93. The van der Waals surface area contributed by atoms with Crippen molar-refractivity contribution in [2.24, 2.45) is 0 Å². The average molecular weight is 1000 g/mol. The number of hydrogen-bond donors (Lipinski definition) is 0. The molecule has 0 radical (unpaired) electrons. The standard InChI is InChI=1S/C77H50N2/c1-3-47-14-18-49(19-15-47)59-37-25-53-31-43-67-61(39-27-55-29-41-65(59)75(53)77(55)67)51-22-34-57(35-23-51)79-71-11-7-5-9-63(71)69-44-72-68(45-73(69)79)62-8-4-6-10-70(62)78(72)56-32-20-50(21-33-56)60-38-26-54-28-40-64-58(48-16-12-46(2)13-17-48)36-24-52-30-42-66(60)76(54)74(52)64/h4-45H,3H2,1-2H3. The zero-order valence-electron chi connectivity index (χ0n) is 43.9. The average Bonchev–Trinajstić information content (AvgIpc) is 4.16. The van der Waals surface area contributed by atoms with Crippen LogP contribution in [-0.4, -0.2) is 9.13 Å². The maximum Gasteiger partial charge on any atom is 0.0548 e. The number of aryl methyl sites for hydroxylation is 2. The van der Waals surface area contributed by atoms with E-state index in [4.69, 9.17) is 0 Å². The minimum absolute atomic E-state index is 1.04. The van der Waals surface area contributed by atoms with Crippen LogP contribution < -0.4 is 0 Å². The predicted octanol–water partition coefficient (Wildman–Crippen LogP) is 21.2. The number of rotatable bonds is 7. The van der Waals surface area contributed by atoms with Gasteiger partial charge in [-0.2, -0.15) is 0 Å². The highest BCUT2D eigenvalue weighted by Crippen LogP contribution is 2.46. The molecule has 2 nitrogen and oxygen atoms in total. The Labute approximate surface area is 456 Å². The van der Waals surface area contributed by atoms with E-state index in [1.807, 2.05) is 0 Å². The number of fused-ring (bicyclic) bond motifs is 6. The molecule has 0 fully saturated rings. The van der Waals surface area contributed by atoms with E-state index in [2.05, 4.69) is 278 Å². The molecule has 17 rings (SSSR count). The van der Waals surface area contributed by atoms with Gasteiger partial charge in [-0.05, 0) is 177 Å². The van der Waals surface area contributed by atoms with Gasteiger partial charge in [0, 0.05) is 32.9 Å². The molecule has 0 saturated carbocycles.